The largest absolute Gasteiger partial charge is 0.354 e. The molecule has 7 nitrogen and oxygen atoms in total. The zero-order chi connectivity index (χ0) is 19.1. The van der Waals surface area contributed by atoms with Crippen LogP contribution in [0.3, 0.4) is 0 Å². The summed E-state index contributed by atoms with van der Waals surface area (Å²) in [7, 11) is 1.79. The van der Waals surface area contributed by atoms with E-state index >= 15 is 0 Å². The Morgan fingerprint density at radius 2 is 2.04 bits per heavy atom. The Kier molecular flexibility index (Phi) is 9.13. The molecule has 1 atom stereocenters. The number of hydrogen-bond donors (Lipinski definition) is 2. The lowest BCUT2D eigenvalue weighted by Gasteiger charge is -2.30. The molecule has 1 unspecified atom stereocenters. The summed E-state index contributed by atoms with van der Waals surface area (Å²) in [5.41, 5.74) is 2.19. The van der Waals surface area contributed by atoms with Crippen molar-refractivity contribution in [1.82, 2.24) is 30.1 Å². The van der Waals surface area contributed by atoms with Gasteiger partial charge < -0.3 is 10.6 Å². The minimum atomic E-state index is 0. The van der Waals surface area contributed by atoms with Crippen LogP contribution in [-0.2, 0) is 6.54 Å². The molecular weight excluding hydrogens is 485 g/mol. The number of aromatic nitrogens is 3. The van der Waals surface area contributed by atoms with E-state index in [2.05, 4.69) is 61.4 Å². The highest BCUT2D eigenvalue weighted by Crippen LogP contribution is 2.22. The van der Waals surface area contributed by atoms with Crippen LogP contribution in [0.25, 0.3) is 5.65 Å². The molecule has 0 saturated carbocycles. The summed E-state index contributed by atoms with van der Waals surface area (Å²) in [4.78, 5) is 6.81. The molecule has 3 heterocycles. The van der Waals surface area contributed by atoms with E-state index in [1.54, 1.807) is 18.4 Å². The SMILES string of the molecule is CCN(CC)C(CNC(=NC)NCc1nnc2ccccn12)c1ccsc1.I. The van der Waals surface area contributed by atoms with Crippen molar-refractivity contribution in [1.29, 1.82) is 0 Å². The molecule has 9 heteroatoms. The number of rotatable bonds is 8. The highest BCUT2D eigenvalue weighted by atomic mass is 127. The quantitative estimate of drug-likeness (QED) is 0.275. The highest BCUT2D eigenvalue weighted by molar-refractivity contribution is 14.0. The first-order chi connectivity index (χ1) is 13.3. The van der Waals surface area contributed by atoms with Gasteiger partial charge in [0.25, 0.3) is 0 Å². The van der Waals surface area contributed by atoms with Crippen molar-refractivity contribution in [3.8, 4) is 0 Å². The fraction of sp³-hybridized carbons (Fsp3) is 0.421. The van der Waals surface area contributed by atoms with Crippen molar-refractivity contribution >= 4 is 46.9 Å². The van der Waals surface area contributed by atoms with Crippen molar-refractivity contribution in [2.75, 3.05) is 26.7 Å². The molecule has 2 N–H and O–H groups in total. The van der Waals surface area contributed by atoms with Crippen LogP contribution in [0.2, 0.25) is 0 Å². The van der Waals surface area contributed by atoms with Gasteiger partial charge in [-0.15, -0.1) is 34.2 Å². The predicted octanol–water partition coefficient (Wildman–Crippen LogP) is 3.16. The van der Waals surface area contributed by atoms with Crippen LogP contribution < -0.4 is 10.6 Å². The Balaban J connectivity index is 0.00000280. The Labute approximate surface area is 187 Å². The first-order valence-corrected chi connectivity index (χ1v) is 10.2. The summed E-state index contributed by atoms with van der Waals surface area (Å²) in [6, 6.07) is 8.40. The number of guanidine groups is 1. The van der Waals surface area contributed by atoms with E-state index in [-0.39, 0.29) is 24.0 Å². The zero-order valence-corrected chi connectivity index (χ0v) is 19.6. The lowest BCUT2D eigenvalue weighted by Crippen LogP contribution is -2.43. The number of hydrogen-bond acceptors (Lipinski definition) is 5. The van der Waals surface area contributed by atoms with Crippen molar-refractivity contribution in [2.45, 2.75) is 26.4 Å². The summed E-state index contributed by atoms with van der Waals surface area (Å²) < 4.78 is 1.98. The number of likely N-dealkylation sites (N-methyl/N-ethyl adjacent to an activating group) is 1. The van der Waals surface area contributed by atoms with Crippen molar-refractivity contribution in [3.63, 3.8) is 0 Å². The van der Waals surface area contributed by atoms with Gasteiger partial charge in [-0.2, -0.15) is 11.3 Å². The smallest absolute Gasteiger partial charge is 0.191 e. The molecule has 152 valence electrons. The molecule has 0 aromatic carbocycles. The summed E-state index contributed by atoms with van der Waals surface area (Å²) in [5, 5.41) is 19.6. The predicted molar refractivity (Wildman–Crippen MR) is 127 cm³/mol. The summed E-state index contributed by atoms with van der Waals surface area (Å²) in [6.07, 6.45) is 1.97. The lowest BCUT2D eigenvalue weighted by molar-refractivity contribution is 0.219. The summed E-state index contributed by atoms with van der Waals surface area (Å²) in [6.45, 7) is 7.77. The molecule has 0 saturated heterocycles. The van der Waals surface area contributed by atoms with Gasteiger partial charge >= 0.3 is 0 Å². The van der Waals surface area contributed by atoms with E-state index in [9.17, 15) is 0 Å². The molecule has 0 aliphatic heterocycles. The third-order valence-electron chi connectivity index (χ3n) is 4.67. The maximum atomic E-state index is 4.35. The Bertz CT molecular complexity index is 858. The minimum Gasteiger partial charge on any atom is -0.354 e. The van der Waals surface area contributed by atoms with Gasteiger partial charge in [0.1, 0.15) is 0 Å². The highest BCUT2D eigenvalue weighted by Gasteiger charge is 2.18. The molecule has 28 heavy (non-hydrogen) atoms. The number of halogens is 1. The van der Waals surface area contributed by atoms with Gasteiger partial charge in [-0.1, -0.05) is 19.9 Å². The first kappa shape index (κ1) is 22.6. The Hall–Kier alpha value is -1.72. The van der Waals surface area contributed by atoms with Gasteiger partial charge in [0.05, 0.1) is 12.6 Å². The number of nitrogens with zero attached hydrogens (tertiary/aromatic N) is 5. The van der Waals surface area contributed by atoms with Crippen LogP contribution in [0.1, 0.15) is 31.3 Å². The molecule has 0 spiro atoms. The fourth-order valence-corrected chi connectivity index (χ4v) is 3.88. The van der Waals surface area contributed by atoms with E-state index in [1.807, 2.05) is 28.8 Å². The van der Waals surface area contributed by atoms with E-state index < -0.39 is 0 Å². The molecule has 0 aliphatic rings. The second-order valence-corrected chi connectivity index (χ2v) is 6.93. The molecule has 0 amide bonds. The van der Waals surface area contributed by atoms with Gasteiger partial charge in [0, 0.05) is 19.8 Å². The number of pyridine rings is 1. The van der Waals surface area contributed by atoms with Gasteiger partial charge in [-0.3, -0.25) is 14.3 Å². The molecule has 0 aliphatic carbocycles. The van der Waals surface area contributed by atoms with Gasteiger partial charge in [-0.25, -0.2) is 0 Å². The number of aliphatic imine (C=N–C) groups is 1. The maximum absolute atomic E-state index is 4.35. The van der Waals surface area contributed by atoms with Crippen LogP contribution in [0, 0.1) is 0 Å². The third-order valence-corrected chi connectivity index (χ3v) is 5.37. The van der Waals surface area contributed by atoms with Crippen LogP contribution in [0.4, 0.5) is 0 Å². The topological polar surface area (TPSA) is 69.8 Å². The summed E-state index contributed by atoms with van der Waals surface area (Å²) >= 11 is 1.74. The Morgan fingerprint density at radius 1 is 1.21 bits per heavy atom. The number of nitrogens with one attached hydrogen (secondary N) is 2. The molecule has 3 aromatic rings. The third kappa shape index (κ3) is 5.42. The molecule has 3 aromatic heterocycles. The van der Waals surface area contributed by atoms with Gasteiger partial charge in [0.15, 0.2) is 17.4 Å². The standard InChI is InChI=1S/C19H27N7S.HI/c1-4-25(5-2)16(15-9-11-27-14-15)12-21-19(20-3)22-13-18-24-23-17-8-6-7-10-26(17)18;/h6-11,14,16H,4-5,12-13H2,1-3H3,(H2,20,21,22);1H. The molecule has 0 radical (unpaired) electrons. The van der Waals surface area contributed by atoms with E-state index in [4.69, 9.17) is 0 Å². The average Bonchev–Trinajstić information content (AvgIpc) is 3.37. The number of thiophene rings is 1. The second kappa shape index (κ2) is 11.3. The van der Waals surface area contributed by atoms with E-state index in [0.29, 0.717) is 12.6 Å². The van der Waals surface area contributed by atoms with Crippen LogP contribution >= 0.6 is 35.3 Å². The number of fused-ring (bicyclic) bond motifs is 1. The molecular formula is C19H28IN7S. The summed E-state index contributed by atoms with van der Waals surface area (Å²) in [5.74, 6) is 1.61. The maximum Gasteiger partial charge on any atom is 0.191 e. The van der Waals surface area contributed by atoms with E-state index in [1.165, 1.54) is 5.56 Å². The van der Waals surface area contributed by atoms with Crippen LogP contribution in [0.15, 0.2) is 46.2 Å². The Morgan fingerprint density at radius 3 is 2.71 bits per heavy atom. The van der Waals surface area contributed by atoms with Crippen LogP contribution in [-0.4, -0.2) is 52.1 Å². The molecule has 3 rings (SSSR count). The zero-order valence-electron chi connectivity index (χ0n) is 16.5. The van der Waals surface area contributed by atoms with E-state index in [0.717, 1.165) is 37.1 Å². The van der Waals surface area contributed by atoms with Crippen LogP contribution in [0.5, 0.6) is 0 Å². The van der Waals surface area contributed by atoms with Crippen molar-refractivity contribution in [2.24, 2.45) is 4.99 Å². The lowest BCUT2D eigenvalue weighted by atomic mass is 10.1. The van der Waals surface area contributed by atoms with Crippen molar-refractivity contribution in [3.05, 3.63) is 52.6 Å². The van der Waals surface area contributed by atoms with Gasteiger partial charge in [0.2, 0.25) is 0 Å². The van der Waals surface area contributed by atoms with Gasteiger partial charge in [-0.05, 0) is 47.6 Å². The average molecular weight is 513 g/mol. The minimum absolute atomic E-state index is 0. The first-order valence-electron chi connectivity index (χ1n) is 9.26. The fourth-order valence-electron chi connectivity index (χ4n) is 3.17. The monoisotopic (exact) mass is 513 g/mol. The molecule has 0 bridgehead atoms. The normalized spacial score (nSPS) is 12.8. The van der Waals surface area contributed by atoms with Crippen molar-refractivity contribution < 1.29 is 0 Å². The second-order valence-electron chi connectivity index (χ2n) is 6.15. The molecule has 0 fully saturated rings.